The Hall–Kier alpha value is -4.18. The van der Waals surface area contributed by atoms with E-state index < -0.39 is 12.0 Å². The number of nitrogens with one attached hydrogen (secondary N) is 1. The Balaban J connectivity index is 1.64. The molecule has 1 saturated heterocycles. The Bertz CT molecular complexity index is 1370. The Morgan fingerprint density at radius 1 is 1.20 bits per heavy atom. The summed E-state index contributed by atoms with van der Waals surface area (Å²) in [5.41, 5.74) is 14.5. The van der Waals surface area contributed by atoms with Crippen molar-refractivity contribution in [3.63, 3.8) is 0 Å². The molecule has 4 rings (SSSR count). The van der Waals surface area contributed by atoms with Crippen molar-refractivity contribution >= 4 is 29.0 Å². The second kappa shape index (κ2) is 9.59. The Kier molecular flexibility index (Phi) is 6.57. The highest BCUT2D eigenvalue weighted by Crippen LogP contribution is 2.26. The number of aromatic nitrogens is 2. The maximum absolute atomic E-state index is 12.9. The highest BCUT2D eigenvalue weighted by atomic mass is 16.3. The molecule has 182 valence electrons. The van der Waals surface area contributed by atoms with E-state index in [1.807, 2.05) is 0 Å². The maximum atomic E-state index is 12.9. The molecule has 1 unspecified atom stereocenters. The number of aliphatic hydroxyl groups is 1. The summed E-state index contributed by atoms with van der Waals surface area (Å²) in [5.74, 6) is -0.725. The topological polar surface area (TPSA) is 157 Å². The van der Waals surface area contributed by atoms with E-state index in [0.717, 1.165) is 6.42 Å². The van der Waals surface area contributed by atoms with Crippen LogP contribution >= 0.6 is 0 Å². The minimum atomic E-state index is -0.545. The minimum Gasteiger partial charge on any atom is -0.398 e. The van der Waals surface area contributed by atoms with Crippen molar-refractivity contribution in [2.24, 2.45) is 12.8 Å². The largest absolute Gasteiger partial charge is 0.398 e. The summed E-state index contributed by atoms with van der Waals surface area (Å²) in [6.45, 7) is 2.62. The first kappa shape index (κ1) is 24.0. The number of carbonyl (C=O) groups excluding carboxylic acids is 2. The number of amides is 2. The molecule has 6 N–H and O–H groups in total. The van der Waals surface area contributed by atoms with Gasteiger partial charge in [0.1, 0.15) is 0 Å². The van der Waals surface area contributed by atoms with Crippen LogP contribution in [0.4, 0.5) is 17.2 Å². The SMILES string of the molecule is Cc1c(C(N)=O)cccc1-c1cn(C)c(=O)c(Nc2ccc(C(=O)N3CCCC(O)C3)c(N)c2)n1. The number of rotatable bonds is 5. The van der Waals surface area contributed by atoms with Crippen molar-refractivity contribution < 1.29 is 14.7 Å². The van der Waals surface area contributed by atoms with Crippen LogP contribution in [0.3, 0.4) is 0 Å². The lowest BCUT2D eigenvalue weighted by atomic mass is 10.00. The molecule has 0 radical (unpaired) electrons. The molecule has 0 saturated carbocycles. The smallest absolute Gasteiger partial charge is 0.293 e. The summed E-state index contributed by atoms with van der Waals surface area (Å²) in [6.07, 6.45) is 2.47. The van der Waals surface area contributed by atoms with Gasteiger partial charge >= 0.3 is 0 Å². The van der Waals surface area contributed by atoms with E-state index in [1.165, 1.54) is 4.57 Å². The van der Waals surface area contributed by atoms with E-state index in [9.17, 15) is 19.5 Å². The summed E-state index contributed by atoms with van der Waals surface area (Å²) in [6, 6.07) is 9.96. The van der Waals surface area contributed by atoms with Gasteiger partial charge in [-0.1, -0.05) is 12.1 Å². The van der Waals surface area contributed by atoms with Crippen molar-refractivity contribution in [1.82, 2.24) is 14.5 Å². The number of aryl methyl sites for hydroxylation is 1. The van der Waals surface area contributed by atoms with Gasteiger partial charge in [0.25, 0.3) is 11.5 Å². The van der Waals surface area contributed by atoms with Crippen LogP contribution in [-0.4, -0.2) is 50.6 Å². The molecule has 35 heavy (non-hydrogen) atoms. The Morgan fingerprint density at radius 2 is 1.97 bits per heavy atom. The number of aliphatic hydroxyl groups excluding tert-OH is 1. The standard InChI is InChI=1S/C25H28N6O4/c1-14-17(6-3-7-18(14)22(27)33)21-13-30(2)25(35)23(29-21)28-15-8-9-19(20(26)11-15)24(34)31-10-4-5-16(32)12-31/h3,6-9,11,13,16,32H,4-5,10,12,26H2,1-2H3,(H2,27,33)(H,28,29). The second-order valence-electron chi connectivity index (χ2n) is 8.71. The third-order valence-corrected chi connectivity index (χ3v) is 6.17. The molecule has 1 fully saturated rings. The first-order chi connectivity index (χ1) is 16.7. The van der Waals surface area contributed by atoms with Crippen LogP contribution in [0.1, 0.15) is 39.1 Å². The molecular weight excluding hydrogens is 448 g/mol. The fourth-order valence-corrected chi connectivity index (χ4v) is 4.28. The lowest BCUT2D eigenvalue weighted by Crippen LogP contribution is -2.42. The third-order valence-electron chi connectivity index (χ3n) is 6.17. The summed E-state index contributed by atoms with van der Waals surface area (Å²) in [5, 5.41) is 12.9. The molecule has 0 aliphatic carbocycles. The summed E-state index contributed by atoms with van der Waals surface area (Å²) < 4.78 is 1.39. The average molecular weight is 477 g/mol. The van der Waals surface area contributed by atoms with Crippen LogP contribution in [0, 0.1) is 6.92 Å². The number of benzene rings is 2. The van der Waals surface area contributed by atoms with E-state index in [4.69, 9.17) is 11.5 Å². The van der Waals surface area contributed by atoms with Gasteiger partial charge in [-0.3, -0.25) is 14.4 Å². The predicted molar refractivity (Wildman–Crippen MR) is 133 cm³/mol. The van der Waals surface area contributed by atoms with Crippen molar-refractivity contribution in [2.75, 3.05) is 24.1 Å². The third kappa shape index (κ3) is 4.87. The Labute approximate surface area is 202 Å². The number of likely N-dealkylation sites (tertiary alicyclic amines) is 1. The lowest BCUT2D eigenvalue weighted by molar-refractivity contribution is 0.0474. The average Bonchev–Trinajstić information content (AvgIpc) is 2.81. The van der Waals surface area contributed by atoms with Gasteiger partial charge in [-0.25, -0.2) is 4.98 Å². The number of hydrogen-bond donors (Lipinski definition) is 4. The van der Waals surface area contributed by atoms with Crippen LogP contribution in [0.15, 0.2) is 47.4 Å². The van der Waals surface area contributed by atoms with Crippen molar-refractivity contribution in [2.45, 2.75) is 25.9 Å². The number of nitrogens with two attached hydrogens (primary N) is 2. The van der Waals surface area contributed by atoms with Crippen molar-refractivity contribution in [3.8, 4) is 11.3 Å². The second-order valence-corrected chi connectivity index (χ2v) is 8.71. The molecular formula is C25H28N6O4. The zero-order chi connectivity index (χ0) is 25.3. The van der Waals surface area contributed by atoms with Gasteiger partial charge in [0, 0.05) is 48.8 Å². The maximum Gasteiger partial charge on any atom is 0.293 e. The minimum absolute atomic E-state index is 0.0616. The van der Waals surface area contributed by atoms with E-state index in [1.54, 1.807) is 61.5 Å². The van der Waals surface area contributed by atoms with E-state index in [2.05, 4.69) is 10.3 Å². The lowest BCUT2D eigenvalue weighted by Gasteiger charge is -2.30. The molecule has 1 aliphatic heterocycles. The molecule has 10 nitrogen and oxygen atoms in total. The molecule has 0 bridgehead atoms. The van der Waals surface area contributed by atoms with E-state index >= 15 is 0 Å². The van der Waals surface area contributed by atoms with E-state index in [-0.39, 0.29) is 29.5 Å². The van der Waals surface area contributed by atoms with Gasteiger partial charge in [-0.2, -0.15) is 0 Å². The van der Waals surface area contributed by atoms with Crippen LogP contribution in [0.25, 0.3) is 11.3 Å². The normalized spacial score (nSPS) is 15.6. The van der Waals surface area contributed by atoms with Gasteiger partial charge < -0.3 is 31.4 Å². The number of primary amides is 1. The molecule has 0 spiro atoms. The fraction of sp³-hybridized carbons (Fsp3) is 0.280. The molecule has 2 amide bonds. The predicted octanol–water partition coefficient (Wildman–Crippen LogP) is 1.78. The molecule has 2 aromatic carbocycles. The van der Waals surface area contributed by atoms with E-state index in [0.29, 0.717) is 46.6 Å². The number of β-amino-alcohol motifs (C(OH)–C–C–N with tert-alkyl or cyclic N) is 1. The molecule has 1 aromatic heterocycles. The zero-order valence-corrected chi connectivity index (χ0v) is 19.6. The molecule has 2 heterocycles. The number of hydrogen-bond acceptors (Lipinski definition) is 7. The molecule has 1 atom stereocenters. The molecule has 3 aromatic rings. The number of piperidine rings is 1. The zero-order valence-electron chi connectivity index (χ0n) is 19.6. The van der Waals surface area contributed by atoms with Crippen LogP contribution in [-0.2, 0) is 7.05 Å². The van der Waals surface area contributed by atoms with Gasteiger partial charge in [0.15, 0.2) is 5.82 Å². The van der Waals surface area contributed by atoms with Crippen LogP contribution in [0.5, 0.6) is 0 Å². The van der Waals surface area contributed by atoms with Crippen molar-refractivity contribution in [3.05, 3.63) is 69.6 Å². The quantitative estimate of drug-likeness (QED) is 0.409. The number of nitrogens with zero attached hydrogens (tertiary/aromatic N) is 3. The Morgan fingerprint density at radius 3 is 2.66 bits per heavy atom. The summed E-state index contributed by atoms with van der Waals surface area (Å²) >= 11 is 0. The summed E-state index contributed by atoms with van der Waals surface area (Å²) in [4.78, 5) is 43.4. The number of carbonyl (C=O) groups is 2. The fourth-order valence-electron chi connectivity index (χ4n) is 4.28. The van der Waals surface area contributed by atoms with Crippen LogP contribution < -0.4 is 22.3 Å². The van der Waals surface area contributed by atoms with Crippen LogP contribution in [0.2, 0.25) is 0 Å². The highest BCUT2D eigenvalue weighted by molar-refractivity contribution is 6.00. The highest BCUT2D eigenvalue weighted by Gasteiger charge is 2.24. The monoisotopic (exact) mass is 476 g/mol. The molecule has 10 heteroatoms. The van der Waals surface area contributed by atoms with Gasteiger partial charge in [0.05, 0.1) is 17.4 Å². The van der Waals surface area contributed by atoms with Gasteiger partial charge in [-0.15, -0.1) is 0 Å². The van der Waals surface area contributed by atoms with Crippen molar-refractivity contribution in [1.29, 1.82) is 0 Å². The summed E-state index contributed by atoms with van der Waals surface area (Å²) in [7, 11) is 1.61. The molecule has 1 aliphatic rings. The first-order valence-corrected chi connectivity index (χ1v) is 11.3. The number of nitrogen functional groups attached to an aromatic ring is 1. The number of anilines is 3. The first-order valence-electron chi connectivity index (χ1n) is 11.3. The van der Waals surface area contributed by atoms with Gasteiger partial charge in [0.2, 0.25) is 5.91 Å². The van der Waals surface area contributed by atoms with Gasteiger partial charge in [-0.05, 0) is 49.6 Å².